The second-order valence-electron chi connectivity index (χ2n) is 5.08. The van der Waals surface area contributed by atoms with Crippen LogP contribution in [0.1, 0.15) is 17.0 Å². The number of nitrogens with one attached hydrogen (secondary N) is 1. The van der Waals surface area contributed by atoms with Crippen molar-refractivity contribution in [1.82, 2.24) is 10.3 Å². The molecule has 10 heteroatoms. The first-order valence-electron chi connectivity index (χ1n) is 7.06. The molecular weight excluding hydrogens is 359 g/mol. The molecule has 1 amide bonds. The Labute approximate surface area is 144 Å². The van der Waals surface area contributed by atoms with Crippen LogP contribution in [0.4, 0.5) is 13.2 Å². The van der Waals surface area contributed by atoms with Crippen molar-refractivity contribution in [3.63, 3.8) is 0 Å². The summed E-state index contributed by atoms with van der Waals surface area (Å²) in [5.74, 6) is -2.12. The number of benzene rings is 1. The molecular formula is C15H14F3N3O3S. The van der Waals surface area contributed by atoms with E-state index in [9.17, 15) is 22.8 Å². The van der Waals surface area contributed by atoms with E-state index in [-0.39, 0.29) is 9.88 Å². The SMILES string of the molecule is N[C@@H](CC(=O)O)C(=O)NCc1sc(-c2ccccc2)nc1C(F)(F)F. The average Bonchev–Trinajstić information content (AvgIpc) is 2.97. The van der Waals surface area contributed by atoms with Gasteiger partial charge in [-0.25, -0.2) is 4.98 Å². The van der Waals surface area contributed by atoms with E-state index in [4.69, 9.17) is 10.8 Å². The van der Waals surface area contributed by atoms with Crippen molar-refractivity contribution in [3.05, 3.63) is 40.9 Å². The smallest absolute Gasteiger partial charge is 0.434 e. The fraction of sp³-hybridized carbons (Fsp3) is 0.267. The van der Waals surface area contributed by atoms with E-state index in [1.165, 1.54) is 0 Å². The highest BCUT2D eigenvalue weighted by atomic mass is 32.1. The normalized spacial score (nSPS) is 12.6. The highest BCUT2D eigenvalue weighted by molar-refractivity contribution is 7.15. The standard InChI is InChI=1S/C15H14F3N3O3S/c16-15(17,18)12-10(7-20-13(24)9(19)6-11(22)23)25-14(21-12)8-4-2-1-3-5-8/h1-5,9H,6-7,19H2,(H,20,24)(H,22,23)/t9-/m0/s1. The molecule has 1 aromatic heterocycles. The lowest BCUT2D eigenvalue weighted by Gasteiger charge is -2.10. The van der Waals surface area contributed by atoms with Crippen molar-refractivity contribution in [1.29, 1.82) is 0 Å². The number of hydrogen-bond acceptors (Lipinski definition) is 5. The minimum Gasteiger partial charge on any atom is -0.481 e. The van der Waals surface area contributed by atoms with Gasteiger partial charge in [0.1, 0.15) is 5.01 Å². The van der Waals surface area contributed by atoms with Gasteiger partial charge in [-0.15, -0.1) is 11.3 Å². The third-order valence-corrected chi connectivity index (χ3v) is 4.25. The average molecular weight is 373 g/mol. The molecule has 1 aromatic carbocycles. The van der Waals surface area contributed by atoms with Crippen LogP contribution in [0.3, 0.4) is 0 Å². The maximum absolute atomic E-state index is 13.2. The number of amides is 1. The molecule has 134 valence electrons. The van der Waals surface area contributed by atoms with Gasteiger partial charge in [-0.05, 0) is 0 Å². The molecule has 0 radical (unpaired) electrons. The van der Waals surface area contributed by atoms with E-state index < -0.39 is 42.8 Å². The Morgan fingerprint density at radius 1 is 1.28 bits per heavy atom. The van der Waals surface area contributed by atoms with Crippen LogP contribution < -0.4 is 11.1 Å². The zero-order valence-corrected chi connectivity index (χ0v) is 13.5. The van der Waals surface area contributed by atoms with Crippen molar-refractivity contribution in [2.24, 2.45) is 5.73 Å². The summed E-state index contributed by atoms with van der Waals surface area (Å²) in [6, 6.07) is 7.00. The predicted octanol–water partition coefficient (Wildman–Crippen LogP) is 2.25. The maximum Gasteiger partial charge on any atom is 0.434 e. The molecule has 0 aliphatic heterocycles. The molecule has 0 bridgehead atoms. The first-order chi connectivity index (χ1) is 11.7. The summed E-state index contributed by atoms with van der Waals surface area (Å²) < 4.78 is 39.5. The lowest BCUT2D eigenvalue weighted by Crippen LogP contribution is -2.41. The fourth-order valence-electron chi connectivity index (χ4n) is 1.98. The molecule has 25 heavy (non-hydrogen) atoms. The molecule has 6 nitrogen and oxygen atoms in total. The van der Waals surface area contributed by atoms with E-state index in [0.717, 1.165) is 11.3 Å². The topological polar surface area (TPSA) is 105 Å². The van der Waals surface area contributed by atoms with E-state index in [0.29, 0.717) is 5.56 Å². The molecule has 4 N–H and O–H groups in total. The first-order valence-corrected chi connectivity index (χ1v) is 7.87. The van der Waals surface area contributed by atoms with Crippen LogP contribution in [0.2, 0.25) is 0 Å². The maximum atomic E-state index is 13.2. The molecule has 0 fully saturated rings. The summed E-state index contributed by atoms with van der Waals surface area (Å²) in [5, 5.41) is 11.0. The van der Waals surface area contributed by atoms with Gasteiger partial charge in [-0.1, -0.05) is 30.3 Å². The summed E-state index contributed by atoms with van der Waals surface area (Å²) >= 11 is 0.804. The molecule has 0 aliphatic rings. The summed E-state index contributed by atoms with van der Waals surface area (Å²) in [7, 11) is 0. The fourth-order valence-corrected chi connectivity index (χ4v) is 3.00. The Kier molecular flexibility index (Phi) is 5.75. The number of rotatable bonds is 6. The zero-order valence-electron chi connectivity index (χ0n) is 12.7. The second-order valence-corrected chi connectivity index (χ2v) is 6.16. The van der Waals surface area contributed by atoms with Crippen molar-refractivity contribution in [2.75, 3.05) is 0 Å². The van der Waals surface area contributed by atoms with Gasteiger partial charge in [0.25, 0.3) is 0 Å². The van der Waals surface area contributed by atoms with E-state index in [2.05, 4.69) is 10.3 Å². The van der Waals surface area contributed by atoms with Gasteiger partial charge in [0.05, 0.1) is 23.9 Å². The number of aliphatic carboxylic acids is 1. The highest BCUT2D eigenvalue weighted by Crippen LogP contribution is 2.37. The van der Waals surface area contributed by atoms with Crippen LogP contribution in [0.15, 0.2) is 30.3 Å². The molecule has 1 heterocycles. The number of carboxylic acid groups (broad SMARTS) is 1. The van der Waals surface area contributed by atoms with Crippen LogP contribution in [0, 0.1) is 0 Å². The van der Waals surface area contributed by atoms with Crippen molar-refractivity contribution < 1.29 is 27.9 Å². The molecule has 0 saturated heterocycles. The Morgan fingerprint density at radius 2 is 1.92 bits per heavy atom. The number of thiazole rings is 1. The Morgan fingerprint density at radius 3 is 2.48 bits per heavy atom. The molecule has 2 rings (SSSR count). The largest absolute Gasteiger partial charge is 0.481 e. The summed E-state index contributed by atoms with van der Waals surface area (Å²) in [6.45, 7) is -0.439. The number of carbonyl (C=O) groups excluding carboxylic acids is 1. The van der Waals surface area contributed by atoms with Gasteiger partial charge >= 0.3 is 12.1 Å². The van der Waals surface area contributed by atoms with Crippen molar-refractivity contribution in [2.45, 2.75) is 25.2 Å². The lowest BCUT2D eigenvalue weighted by molar-refractivity contribution is -0.141. The van der Waals surface area contributed by atoms with Crippen LogP contribution in [0.5, 0.6) is 0 Å². The molecule has 0 saturated carbocycles. The molecule has 2 aromatic rings. The van der Waals surface area contributed by atoms with Gasteiger partial charge < -0.3 is 16.2 Å². The third-order valence-electron chi connectivity index (χ3n) is 3.14. The zero-order chi connectivity index (χ0) is 18.6. The van der Waals surface area contributed by atoms with Gasteiger partial charge in [0.2, 0.25) is 5.91 Å². The molecule has 1 atom stereocenters. The Balaban J connectivity index is 2.20. The number of carbonyl (C=O) groups is 2. The van der Waals surface area contributed by atoms with E-state index in [1.807, 2.05) is 0 Å². The molecule has 0 aliphatic carbocycles. The third kappa shape index (κ3) is 5.00. The molecule has 0 spiro atoms. The van der Waals surface area contributed by atoms with Gasteiger partial charge in [-0.3, -0.25) is 9.59 Å². The number of nitrogens with zero attached hydrogens (tertiary/aromatic N) is 1. The summed E-state index contributed by atoms with van der Waals surface area (Å²) in [6.07, 6.45) is -5.29. The van der Waals surface area contributed by atoms with Crippen LogP contribution in [0.25, 0.3) is 10.6 Å². The van der Waals surface area contributed by atoms with Gasteiger partial charge in [-0.2, -0.15) is 13.2 Å². The summed E-state index contributed by atoms with van der Waals surface area (Å²) in [4.78, 5) is 25.7. The second kappa shape index (κ2) is 7.62. The van der Waals surface area contributed by atoms with Gasteiger partial charge in [0.15, 0.2) is 5.69 Å². The van der Waals surface area contributed by atoms with Crippen molar-refractivity contribution in [3.8, 4) is 10.6 Å². The van der Waals surface area contributed by atoms with Crippen molar-refractivity contribution >= 4 is 23.2 Å². The number of halogens is 3. The van der Waals surface area contributed by atoms with E-state index >= 15 is 0 Å². The number of aromatic nitrogens is 1. The van der Waals surface area contributed by atoms with Crippen LogP contribution in [-0.2, 0) is 22.3 Å². The number of hydrogen-bond donors (Lipinski definition) is 3. The first kappa shape index (κ1) is 18.9. The highest BCUT2D eigenvalue weighted by Gasteiger charge is 2.37. The number of carboxylic acids is 1. The number of alkyl halides is 3. The number of nitrogens with two attached hydrogens (primary N) is 1. The minimum absolute atomic E-state index is 0.173. The Bertz CT molecular complexity index is 762. The lowest BCUT2D eigenvalue weighted by atomic mass is 10.2. The quantitative estimate of drug-likeness (QED) is 0.720. The minimum atomic E-state index is -4.67. The van der Waals surface area contributed by atoms with Crippen LogP contribution in [-0.4, -0.2) is 28.0 Å². The summed E-state index contributed by atoms with van der Waals surface area (Å²) in [5.41, 5.74) is 4.82. The molecule has 0 unspecified atom stereocenters. The van der Waals surface area contributed by atoms with E-state index in [1.54, 1.807) is 30.3 Å². The van der Waals surface area contributed by atoms with Gasteiger partial charge in [0, 0.05) is 5.56 Å². The monoisotopic (exact) mass is 373 g/mol. The Hall–Kier alpha value is -2.46. The van der Waals surface area contributed by atoms with Crippen LogP contribution >= 0.6 is 11.3 Å². The predicted molar refractivity (Wildman–Crippen MR) is 84.6 cm³/mol.